The summed E-state index contributed by atoms with van der Waals surface area (Å²) in [4.78, 5) is 8.25. The van der Waals surface area contributed by atoms with Crippen LogP contribution in [0.25, 0.3) is 0 Å². The Morgan fingerprint density at radius 2 is 1.33 bits per heavy atom. The van der Waals surface area contributed by atoms with Gasteiger partial charge in [0.15, 0.2) is 0 Å². The predicted molar refractivity (Wildman–Crippen MR) is 79.4 cm³/mol. The van der Waals surface area contributed by atoms with Gasteiger partial charge in [0.1, 0.15) is 5.75 Å². The maximum atomic E-state index is 8.25. The topological polar surface area (TPSA) is 49.4 Å². The van der Waals surface area contributed by atoms with E-state index in [1.165, 1.54) is 6.42 Å². The Morgan fingerprint density at radius 3 is 1.71 bits per heavy atom. The van der Waals surface area contributed by atoms with E-state index in [1.807, 2.05) is 66.7 Å². The van der Waals surface area contributed by atoms with E-state index in [-0.39, 0.29) is 29.6 Å². The Labute approximate surface area is 149 Å². The quantitative estimate of drug-likeness (QED) is 0.450. The number of para-hydroxylation sites is 1. The van der Waals surface area contributed by atoms with Gasteiger partial charge in [-0.15, -0.1) is 0 Å². The normalized spacial score (nSPS) is 7.86. The van der Waals surface area contributed by atoms with Crippen LogP contribution in [0, 0.1) is 0 Å². The van der Waals surface area contributed by atoms with Gasteiger partial charge in [0.05, 0.1) is 6.61 Å². The van der Waals surface area contributed by atoms with Crippen molar-refractivity contribution in [1.82, 2.24) is 0 Å². The molecule has 0 N–H and O–H groups in total. The standard InChI is InChI=1S/C10H14O.C6H6.CH2O2.Na/c1-2-3-9-11-10-7-5-4-6-8-10;1-2-4-6-5-3-1;2-1-3;/h4-8H,2-3,9H2,1H3;1-6H;1H,(H,2,3);/q;;;+1/p-1. The largest absolute Gasteiger partial charge is 1.00 e. The summed E-state index contributed by atoms with van der Waals surface area (Å²) >= 11 is 0. The minimum atomic E-state index is -0.500. The third-order valence-corrected chi connectivity index (χ3v) is 2.18. The molecule has 0 aliphatic rings. The summed E-state index contributed by atoms with van der Waals surface area (Å²) in [6, 6.07) is 21.9. The van der Waals surface area contributed by atoms with Crippen molar-refractivity contribution in [2.45, 2.75) is 19.8 Å². The average Bonchev–Trinajstić information content (AvgIpc) is 2.52. The zero-order chi connectivity index (χ0) is 14.9. The van der Waals surface area contributed by atoms with Crippen LogP contribution in [0.1, 0.15) is 19.8 Å². The Hall–Kier alpha value is -1.29. The van der Waals surface area contributed by atoms with Gasteiger partial charge < -0.3 is 14.6 Å². The first-order chi connectivity index (χ1) is 9.85. The summed E-state index contributed by atoms with van der Waals surface area (Å²) in [7, 11) is 0. The summed E-state index contributed by atoms with van der Waals surface area (Å²) < 4.78 is 5.45. The van der Waals surface area contributed by atoms with Gasteiger partial charge in [0, 0.05) is 6.47 Å². The molecule has 0 atom stereocenters. The minimum Gasteiger partial charge on any atom is -0.554 e. The first-order valence-electron chi connectivity index (χ1n) is 6.58. The number of benzene rings is 2. The van der Waals surface area contributed by atoms with Crippen LogP contribution in [0.2, 0.25) is 0 Å². The number of carboxylic acid groups (broad SMARTS) is 1. The van der Waals surface area contributed by atoms with Crippen LogP contribution in [0.3, 0.4) is 0 Å². The van der Waals surface area contributed by atoms with E-state index in [4.69, 9.17) is 14.6 Å². The maximum absolute atomic E-state index is 8.25. The third kappa shape index (κ3) is 16.7. The number of carbonyl (C=O) groups excluding carboxylic acids is 1. The van der Waals surface area contributed by atoms with Crippen molar-refractivity contribution in [2.75, 3.05) is 6.61 Å². The van der Waals surface area contributed by atoms with Crippen molar-refractivity contribution >= 4 is 6.47 Å². The summed E-state index contributed by atoms with van der Waals surface area (Å²) in [5, 5.41) is 8.25. The number of rotatable bonds is 4. The Balaban J connectivity index is 0. The van der Waals surface area contributed by atoms with E-state index in [0.29, 0.717) is 0 Å². The molecule has 2 aromatic carbocycles. The Morgan fingerprint density at radius 1 is 0.952 bits per heavy atom. The molecule has 0 unspecified atom stereocenters. The Bertz CT molecular complexity index is 380. The van der Waals surface area contributed by atoms with Gasteiger partial charge in [-0.1, -0.05) is 67.9 Å². The summed E-state index contributed by atoms with van der Waals surface area (Å²) in [5.74, 6) is 0.973. The number of carbonyl (C=O) groups is 1. The smallest absolute Gasteiger partial charge is 0.554 e. The molecule has 0 fully saturated rings. The zero-order valence-electron chi connectivity index (χ0n) is 12.8. The second kappa shape index (κ2) is 18.7. The molecule has 4 heteroatoms. The average molecular weight is 296 g/mol. The molecule has 0 amide bonds. The second-order valence-electron chi connectivity index (χ2n) is 3.77. The molecule has 0 heterocycles. The van der Waals surface area contributed by atoms with Crippen molar-refractivity contribution < 1.29 is 44.2 Å². The van der Waals surface area contributed by atoms with E-state index in [1.54, 1.807) is 0 Å². The molecule has 0 aliphatic carbocycles. The van der Waals surface area contributed by atoms with Crippen LogP contribution in [0.15, 0.2) is 66.7 Å². The van der Waals surface area contributed by atoms with Crippen LogP contribution in [-0.4, -0.2) is 13.1 Å². The summed E-state index contributed by atoms with van der Waals surface area (Å²) in [5.41, 5.74) is 0. The van der Waals surface area contributed by atoms with Gasteiger partial charge in [0.2, 0.25) is 0 Å². The first kappa shape index (κ1) is 22.0. The second-order valence-corrected chi connectivity index (χ2v) is 3.77. The predicted octanol–water partition coefficient (Wildman–Crippen LogP) is -0.0778. The first-order valence-corrected chi connectivity index (χ1v) is 6.58. The number of unbranched alkanes of at least 4 members (excludes halogenated alkanes) is 1. The molecule has 0 aliphatic heterocycles. The number of ether oxygens (including phenoxy) is 1. The van der Waals surface area contributed by atoms with Crippen molar-refractivity contribution in [3.05, 3.63) is 66.7 Å². The van der Waals surface area contributed by atoms with E-state index in [2.05, 4.69) is 6.92 Å². The van der Waals surface area contributed by atoms with E-state index in [0.717, 1.165) is 18.8 Å². The van der Waals surface area contributed by atoms with Crippen molar-refractivity contribution in [1.29, 1.82) is 0 Å². The molecule has 2 aromatic rings. The molecule has 21 heavy (non-hydrogen) atoms. The van der Waals surface area contributed by atoms with Gasteiger partial charge in [-0.2, -0.15) is 0 Å². The molecule has 2 rings (SSSR count). The van der Waals surface area contributed by atoms with Crippen molar-refractivity contribution in [3.8, 4) is 5.75 Å². The van der Waals surface area contributed by atoms with E-state index >= 15 is 0 Å². The van der Waals surface area contributed by atoms with Gasteiger partial charge in [-0.25, -0.2) is 0 Å². The monoisotopic (exact) mass is 296 g/mol. The molecule has 0 aromatic heterocycles. The van der Waals surface area contributed by atoms with Crippen LogP contribution in [0.4, 0.5) is 0 Å². The molecule has 0 saturated heterocycles. The molecular formula is C17H21NaO3. The molecular weight excluding hydrogens is 275 g/mol. The van der Waals surface area contributed by atoms with Gasteiger partial charge in [-0.3, -0.25) is 0 Å². The summed E-state index contributed by atoms with van der Waals surface area (Å²) in [6.45, 7) is 2.49. The van der Waals surface area contributed by atoms with E-state index < -0.39 is 6.47 Å². The van der Waals surface area contributed by atoms with E-state index in [9.17, 15) is 0 Å². The third-order valence-electron chi connectivity index (χ3n) is 2.18. The molecule has 3 nitrogen and oxygen atoms in total. The fourth-order valence-electron chi connectivity index (χ4n) is 1.24. The fraction of sp³-hybridized carbons (Fsp3) is 0.235. The minimum absolute atomic E-state index is 0. The molecule has 0 bridgehead atoms. The van der Waals surface area contributed by atoms with Crippen molar-refractivity contribution in [2.24, 2.45) is 0 Å². The summed E-state index contributed by atoms with van der Waals surface area (Å²) in [6.07, 6.45) is 2.32. The Kier molecular flexibility index (Phi) is 19.6. The van der Waals surface area contributed by atoms with Gasteiger partial charge in [-0.05, 0) is 18.6 Å². The molecule has 0 spiro atoms. The van der Waals surface area contributed by atoms with Crippen LogP contribution in [-0.2, 0) is 4.79 Å². The number of hydrogen-bond acceptors (Lipinski definition) is 3. The maximum Gasteiger partial charge on any atom is 1.00 e. The van der Waals surface area contributed by atoms with Crippen molar-refractivity contribution in [3.63, 3.8) is 0 Å². The SMILES string of the molecule is CCCCOc1ccccc1.O=C[O-].[Na+].c1ccccc1. The van der Waals surface area contributed by atoms with Gasteiger partial charge in [0.25, 0.3) is 0 Å². The van der Waals surface area contributed by atoms with Crippen LogP contribution < -0.4 is 39.4 Å². The van der Waals surface area contributed by atoms with Crippen LogP contribution in [0.5, 0.6) is 5.75 Å². The fourth-order valence-corrected chi connectivity index (χ4v) is 1.24. The van der Waals surface area contributed by atoms with Gasteiger partial charge >= 0.3 is 29.6 Å². The molecule has 0 saturated carbocycles. The molecule has 0 radical (unpaired) electrons. The molecule has 108 valence electrons. The van der Waals surface area contributed by atoms with Crippen LogP contribution >= 0.6 is 0 Å². The zero-order valence-corrected chi connectivity index (χ0v) is 14.8. The number of hydrogen-bond donors (Lipinski definition) is 0.